The minimum atomic E-state index is -0.720. The van der Waals surface area contributed by atoms with Gasteiger partial charge in [0.05, 0.1) is 19.4 Å². The molecule has 0 aliphatic carbocycles. The fraction of sp³-hybridized carbons (Fsp3) is 0.421. The van der Waals surface area contributed by atoms with Gasteiger partial charge in [0, 0.05) is 19.2 Å². The number of nitrogens with zero attached hydrogens (tertiary/aromatic N) is 2. The van der Waals surface area contributed by atoms with E-state index in [-0.39, 0.29) is 18.3 Å². The number of methoxy groups -OCH3 is 1. The van der Waals surface area contributed by atoms with Crippen LogP contribution in [0.5, 0.6) is 11.5 Å². The summed E-state index contributed by atoms with van der Waals surface area (Å²) in [5, 5.41) is 3.62. The molecule has 0 aliphatic rings. The van der Waals surface area contributed by atoms with Crippen LogP contribution in [-0.4, -0.2) is 48.8 Å². The Kier molecular flexibility index (Phi) is 7.22. The van der Waals surface area contributed by atoms with Gasteiger partial charge in [-0.3, -0.25) is 4.79 Å². The monoisotopic (exact) mass is 376 g/mol. The van der Waals surface area contributed by atoms with E-state index in [2.05, 4.69) is 5.16 Å². The lowest BCUT2D eigenvalue weighted by molar-refractivity contribution is -0.135. The first-order valence-corrected chi connectivity index (χ1v) is 8.66. The SMILES string of the molecule is CCOc1ccc(CN(CC)C(=O)COC(=O)c2cc(C)no2)cc1OC. The largest absolute Gasteiger partial charge is 0.493 e. The number of carbonyl (C=O) groups is 2. The van der Waals surface area contributed by atoms with Crippen LogP contribution in [0.15, 0.2) is 28.8 Å². The highest BCUT2D eigenvalue weighted by Crippen LogP contribution is 2.28. The van der Waals surface area contributed by atoms with Crippen molar-refractivity contribution in [2.75, 3.05) is 26.9 Å². The maximum Gasteiger partial charge on any atom is 0.377 e. The molecule has 2 aromatic rings. The quantitative estimate of drug-likeness (QED) is 0.621. The van der Waals surface area contributed by atoms with E-state index in [9.17, 15) is 9.59 Å². The minimum absolute atomic E-state index is 0.0282. The molecule has 0 saturated heterocycles. The normalized spacial score (nSPS) is 10.4. The molecule has 2 rings (SSSR count). The molecular weight excluding hydrogens is 352 g/mol. The molecule has 27 heavy (non-hydrogen) atoms. The smallest absolute Gasteiger partial charge is 0.377 e. The lowest BCUT2D eigenvalue weighted by atomic mass is 10.2. The van der Waals surface area contributed by atoms with Crippen LogP contribution in [0.3, 0.4) is 0 Å². The molecule has 1 amide bonds. The van der Waals surface area contributed by atoms with E-state index in [0.29, 0.717) is 36.9 Å². The Morgan fingerprint density at radius 3 is 2.56 bits per heavy atom. The number of aromatic nitrogens is 1. The Morgan fingerprint density at radius 1 is 1.19 bits per heavy atom. The first kappa shape index (κ1) is 20.3. The van der Waals surface area contributed by atoms with Gasteiger partial charge in [0.25, 0.3) is 5.91 Å². The number of hydrogen-bond donors (Lipinski definition) is 0. The second-order valence-electron chi connectivity index (χ2n) is 5.73. The molecule has 0 fully saturated rings. The Balaban J connectivity index is 1.97. The molecule has 8 nitrogen and oxygen atoms in total. The van der Waals surface area contributed by atoms with Crippen molar-refractivity contribution >= 4 is 11.9 Å². The molecule has 0 unspecified atom stereocenters. The number of likely N-dealkylation sites (N-methyl/N-ethyl adjacent to an activating group) is 1. The van der Waals surface area contributed by atoms with Crippen LogP contribution in [0.4, 0.5) is 0 Å². The molecule has 0 N–H and O–H groups in total. The first-order chi connectivity index (χ1) is 13.0. The lowest BCUT2D eigenvalue weighted by Gasteiger charge is -2.21. The van der Waals surface area contributed by atoms with Gasteiger partial charge in [-0.05, 0) is 38.5 Å². The number of carbonyl (C=O) groups excluding carboxylic acids is 2. The van der Waals surface area contributed by atoms with E-state index in [0.717, 1.165) is 5.56 Å². The highest BCUT2D eigenvalue weighted by atomic mass is 16.6. The van der Waals surface area contributed by atoms with E-state index in [4.69, 9.17) is 18.7 Å². The molecular formula is C19H24N2O6. The van der Waals surface area contributed by atoms with Crippen LogP contribution in [0, 0.1) is 6.92 Å². The molecule has 0 spiro atoms. The van der Waals surface area contributed by atoms with E-state index in [1.165, 1.54) is 6.07 Å². The number of hydrogen-bond acceptors (Lipinski definition) is 7. The van der Waals surface area contributed by atoms with Gasteiger partial charge < -0.3 is 23.6 Å². The van der Waals surface area contributed by atoms with Gasteiger partial charge in [0.1, 0.15) is 0 Å². The molecule has 1 heterocycles. The maximum absolute atomic E-state index is 12.4. The van der Waals surface area contributed by atoms with E-state index in [1.54, 1.807) is 18.9 Å². The average molecular weight is 376 g/mol. The summed E-state index contributed by atoms with van der Waals surface area (Å²) in [5.74, 6) is 0.191. The second-order valence-corrected chi connectivity index (χ2v) is 5.73. The predicted molar refractivity (Wildman–Crippen MR) is 96.8 cm³/mol. The second kappa shape index (κ2) is 9.61. The Bertz CT molecular complexity index is 786. The Morgan fingerprint density at radius 2 is 1.96 bits per heavy atom. The van der Waals surface area contributed by atoms with Crippen molar-refractivity contribution < 1.29 is 28.3 Å². The van der Waals surface area contributed by atoms with Crippen LogP contribution in [0.1, 0.15) is 35.7 Å². The van der Waals surface area contributed by atoms with Gasteiger partial charge in [-0.25, -0.2) is 4.79 Å². The van der Waals surface area contributed by atoms with Crippen molar-refractivity contribution in [3.8, 4) is 11.5 Å². The summed E-state index contributed by atoms with van der Waals surface area (Å²) in [5.41, 5.74) is 1.44. The average Bonchev–Trinajstić information content (AvgIpc) is 3.11. The van der Waals surface area contributed by atoms with Gasteiger partial charge >= 0.3 is 5.97 Å². The Hall–Kier alpha value is -3.03. The van der Waals surface area contributed by atoms with Crippen LogP contribution >= 0.6 is 0 Å². The maximum atomic E-state index is 12.4. The van der Waals surface area contributed by atoms with Crippen LogP contribution in [0.2, 0.25) is 0 Å². The third-order valence-corrected chi connectivity index (χ3v) is 3.79. The van der Waals surface area contributed by atoms with Gasteiger partial charge in [-0.15, -0.1) is 0 Å². The van der Waals surface area contributed by atoms with Crippen molar-refractivity contribution in [1.82, 2.24) is 10.1 Å². The van der Waals surface area contributed by atoms with Crippen molar-refractivity contribution in [1.29, 1.82) is 0 Å². The van der Waals surface area contributed by atoms with Gasteiger partial charge in [-0.2, -0.15) is 0 Å². The highest BCUT2D eigenvalue weighted by molar-refractivity contribution is 5.88. The van der Waals surface area contributed by atoms with Crippen LogP contribution in [-0.2, 0) is 16.1 Å². The fourth-order valence-electron chi connectivity index (χ4n) is 2.43. The zero-order chi connectivity index (χ0) is 19.8. The first-order valence-electron chi connectivity index (χ1n) is 8.66. The van der Waals surface area contributed by atoms with E-state index < -0.39 is 5.97 Å². The minimum Gasteiger partial charge on any atom is -0.493 e. The number of rotatable bonds is 9. The summed E-state index contributed by atoms with van der Waals surface area (Å²) in [6.07, 6.45) is 0. The zero-order valence-electron chi connectivity index (χ0n) is 16.0. The predicted octanol–water partition coefficient (Wildman–Crippen LogP) is 2.60. The number of benzene rings is 1. The highest BCUT2D eigenvalue weighted by Gasteiger charge is 2.18. The van der Waals surface area contributed by atoms with Crippen LogP contribution in [0.25, 0.3) is 0 Å². The molecule has 0 bridgehead atoms. The molecule has 146 valence electrons. The molecule has 0 saturated carbocycles. The molecule has 1 aromatic heterocycles. The molecule has 0 aliphatic heterocycles. The van der Waals surface area contributed by atoms with Crippen LogP contribution < -0.4 is 9.47 Å². The number of amides is 1. The standard InChI is InChI=1S/C19H24N2O6/c1-5-21(11-14-7-8-15(25-6-2)16(10-14)24-4)18(22)12-26-19(23)17-9-13(3)20-27-17/h7-10H,5-6,11-12H2,1-4H3. The lowest BCUT2D eigenvalue weighted by Crippen LogP contribution is -2.34. The third-order valence-electron chi connectivity index (χ3n) is 3.79. The Labute approximate surface area is 158 Å². The summed E-state index contributed by atoms with van der Waals surface area (Å²) >= 11 is 0. The van der Waals surface area contributed by atoms with Crippen molar-refractivity contribution in [2.45, 2.75) is 27.3 Å². The zero-order valence-corrected chi connectivity index (χ0v) is 16.0. The summed E-state index contributed by atoms with van der Waals surface area (Å²) in [6.45, 7) is 6.42. The van der Waals surface area contributed by atoms with E-state index >= 15 is 0 Å². The van der Waals surface area contributed by atoms with Gasteiger partial charge in [0.2, 0.25) is 5.76 Å². The summed E-state index contributed by atoms with van der Waals surface area (Å²) in [4.78, 5) is 25.8. The summed E-state index contributed by atoms with van der Waals surface area (Å²) in [6, 6.07) is 6.95. The summed E-state index contributed by atoms with van der Waals surface area (Å²) < 4.78 is 20.7. The molecule has 8 heteroatoms. The summed E-state index contributed by atoms with van der Waals surface area (Å²) in [7, 11) is 1.56. The van der Waals surface area contributed by atoms with Crippen molar-refractivity contribution in [3.05, 3.63) is 41.3 Å². The van der Waals surface area contributed by atoms with Crippen molar-refractivity contribution in [2.24, 2.45) is 0 Å². The fourth-order valence-corrected chi connectivity index (χ4v) is 2.43. The number of aryl methyl sites for hydroxylation is 1. The molecule has 0 atom stereocenters. The molecule has 1 aromatic carbocycles. The third kappa shape index (κ3) is 5.47. The molecule has 0 radical (unpaired) electrons. The van der Waals surface area contributed by atoms with Gasteiger partial charge in [0.15, 0.2) is 18.1 Å². The topological polar surface area (TPSA) is 91.1 Å². The van der Waals surface area contributed by atoms with Crippen molar-refractivity contribution in [3.63, 3.8) is 0 Å². The number of esters is 1. The van der Waals surface area contributed by atoms with E-state index in [1.807, 2.05) is 32.0 Å². The van der Waals surface area contributed by atoms with Gasteiger partial charge in [-0.1, -0.05) is 11.2 Å². The number of ether oxygens (including phenoxy) is 3.